The molecule has 0 amide bonds. The fourth-order valence-electron chi connectivity index (χ4n) is 0.965. The zero-order valence-electron chi connectivity index (χ0n) is 7.10. The molecule has 0 bridgehead atoms. The van der Waals surface area contributed by atoms with Crippen LogP contribution in [-0.4, -0.2) is 22.8 Å². The fraction of sp³-hybridized carbons (Fsp3) is 0.571. The van der Waals surface area contributed by atoms with E-state index in [9.17, 15) is 13.2 Å². The molecule has 0 aliphatic carbocycles. The highest BCUT2D eigenvalue weighted by atomic mass is 19.4. The number of aromatic nitrogens is 2. The van der Waals surface area contributed by atoms with Gasteiger partial charge in [-0.25, -0.2) is 4.98 Å². The molecule has 6 heteroatoms. The van der Waals surface area contributed by atoms with Crippen molar-refractivity contribution in [2.75, 3.05) is 12.4 Å². The van der Waals surface area contributed by atoms with Crippen LogP contribution in [0.15, 0.2) is 12.4 Å². The Morgan fingerprint density at radius 1 is 1.54 bits per heavy atom. The van der Waals surface area contributed by atoms with E-state index < -0.39 is 12.6 Å². The molecule has 1 N–H and O–H groups in total. The molecule has 1 heterocycles. The average Bonchev–Trinajstić information content (AvgIpc) is 2.46. The first-order chi connectivity index (χ1) is 6.03. The van der Waals surface area contributed by atoms with Crippen LogP contribution in [0.4, 0.5) is 19.1 Å². The molecular weight excluding hydrogens is 183 g/mol. The Labute approximate surface area is 73.6 Å². The number of rotatable bonds is 3. The molecule has 0 atom stereocenters. The van der Waals surface area contributed by atoms with Gasteiger partial charge in [0.1, 0.15) is 0 Å². The number of alkyl halides is 3. The van der Waals surface area contributed by atoms with Gasteiger partial charge < -0.3 is 9.88 Å². The van der Waals surface area contributed by atoms with Crippen LogP contribution in [0.2, 0.25) is 0 Å². The Hall–Kier alpha value is -1.20. The summed E-state index contributed by atoms with van der Waals surface area (Å²) in [5.74, 6) is 0.448. The molecule has 0 radical (unpaired) electrons. The number of aryl methyl sites for hydroxylation is 1. The minimum Gasteiger partial charge on any atom is -0.359 e. The van der Waals surface area contributed by atoms with Crippen LogP contribution in [0.5, 0.6) is 0 Å². The largest absolute Gasteiger partial charge is 0.390 e. The van der Waals surface area contributed by atoms with Crippen LogP contribution in [0.3, 0.4) is 0 Å². The molecule has 0 saturated heterocycles. The van der Waals surface area contributed by atoms with Gasteiger partial charge in [0.25, 0.3) is 0 Å². The SMILES string of the molecule is CNc1nccn1CCC(F)(F)F. The molecule has 0 spiro atoms. The van der Waals surface area contributed by atoms with Crippen molar-refractivity contribution in [3.63, 3.8) is 0 Å². The molecule has 0 aromatic carbocycles. The summed E-state index contributed by atoms with van der Waals surface area (Å²) in [5, 5.41) is 2.70. The quantitative estimate of drug-likeness (QED) is 0.794. The van der Waals surface area contributed by atoms with E-state index in [1.165, 1.54) is 17.0 Å². The Balaban J connectivity index is 2.54. The molecule has 0 saturated carbocycles. The van der Waals surface area contributed by atoms with Crippen molar-refractivity contribution in [2.45, 2.75) is 19.1 Å². The lowest BCUT2D eigenvalue weighted by Gasteiger charge is -2.08. The molecule has 1 aromatic rings. The van der Waals surface area contributed by atoms with Gasteiger partial charge in [-0.05, 0) is 0 Å². The van der Waals surface area contributed by atoms with Crippen molar-refractivity contribution >= 4 is 5.95 Å². The Bertz CT molecular complexity index is 266. The summed E-state index contributed by atoms with van der Waals surface area (Å²) in [4.78, 5) is 3.82. The third-order valence-electron chi connectivity index (χ3n) is 1.58. The number of hydrogen-bond acceptors (Lipinski definition) is 2. The normalized spacial score (nSPS) is 11.7. The topological polar surface area (TPSA) is 29.9 Å². The molecule has 74 valence electrons. The highest BCUT2D eigenvalue weighted by Gasteiger charge is 2.26. The molecule has 0 aliphatic rings. The van der Waals surface area contributed by atoms with E-state index in [1.807, 2.05) is 0 Å². The zero-order chi connectivity index (χ0) is 9.90. The van der Waals surface area contributed by atoms with Crippen LogP contribution >= 0.6 is 0 Å². The Morgan fingerprint density at radius 3 is 2.77 bits per heavy atom. The average molecular weight is 193 g/mol. The van der Waals surface area contributed by atoms with Gasteiger partial charge in [0, 0.05) is 26.0 Å². The van der Waals surface area contributed by atoms with Crippen LogP contribution < -0.4 is 5.32 Å². The third kappa shape index (κ3) is 2.96. The van der Waals surface area contributed by atoms with Gasteiger partial charge in [0.15, 0.2) is 0 Å². The maximum atomic E-state index is 11.8. The summed E-state index contributed by atoms with van der Waals surface area (Å²) in [5.41, 5.74) is 0. The molecule has 0 unspecified atom stereocenters. The summed E-state index contributed by atoms with van der Waals surface area (Å²) in [6.45, 7) is -0.0975. The first-order valence-corrected chi connectivity index (χ1v) is 3.78. The fourth-order valence-corrected chi connectivity index (χ4v) is 0.965. The van der Waals surface area contributed by atoms with Crippen molar-refractivity contribution < 1.29 is 13.2 Å². The highest BCUT2D eigenvalue weighted by Crippen LogP contribution is 2.21. The van der Waals surface area contributed by atoms with Crippen molar-refractivity contribution in [3.05, 3.63) is 12.4 Å². The van der Waals surface area contributed by atoms with Crippen molar-refractivity contribution in [3.8, 4) is 0 Å². The van der Waals surface area contributed by atoms with Crippen LogP contribution in [-0.2, 0) is 6.54 Å². The van der Waals surface area contributed by atoms with E-state index in [1.54, 1.807) is 7.05 Å². The summed E-state index contributed by atoms with van der Waals surface area (Å²) in [6.07, 6.45) is -1.98. The summed E-state index contributed by atoms with van der Waals surface area (Å²) in [6, 6.07) is 0. The Kier molecular flexibility index (Phi) is 2.79. The van der Waals surface area contributed by atoms with Gasteiger partial charge in [-0.15, -0.1) is 0 Å². The van der Waals surface area contributed by atoms with Gasteiger partial charge in [-0.3, -0.25) is 0 Å². The lowest BCUT2D eigenvalue weighted by molar-refractivity contribution is -0.136. The second kappa shape index (κ2) is 3.68. The first kappa shape index (κ1) is 9.88. The minimum atomic E-state index is -4.12. The van der Waals surface area contributed by atoms with Gasteiger partial charge in [-0.1, -0.05) is 0 Å². The molecule has 0 aliphatic heterocycles. The lowest BCUT2D eigenvalue weighted by atomic mass is 10.4. The third-order valence-corrected chi connectivity index (χ3v) is 1.58. The van der Waals surface area contributed by atoms with E-state index in [0.717, 1.165) is 0 Å². The number of nitrogens with zero attached hydrogens (tertiary/aromatic N) is 2. The number of imidazole rings is 1. The second-order valence-electron chi connectivity index (χ2n) is 2.56. The first-order valence-electron chi connectivity index (χ1n) is 3.78. The smallest absolute Gasteiger partial charge is 0.359 e. The van der Waals surface area contributed by atoms with Crippen LogP contribution in [0, 0.1) is 0 Å². The molecule has 3 nitrogen and oxygen atoms in total. The molecule has 1 aromatic heterocycles. The maximum absolute atomic E-state index is 11.8. The van der Waals surface area contributed by atoms with Crippen LogP contribution in [0.1, 0.15) is 6.42 Å². The predicted molar refractivity (Wildman–Crippen MR) is 42.4 cm³/mol. The summed E-state index contributed by atoms with van der Waals surface area (Å²) >= 11 is 0. The van der Waals surface area contributed by atoms with Gasteiger partial charge in [0.05, 0.1) is 6.42 Å². The van der Waals surface area contributed by atoms with E-state index in [-0.39, 0.29) is 6.54 Å². The van der Waals surface area contributed by atoms with Crippen molar-refractivity contribution in [1.29, 1.82) is 0 Å². The zero-order valence-corrected chi connectivity index (χ0v) is 7.10. The molecule has 1 rings (SSSR count). The van der Waals surface area contributed by atoms with Gasteiger partial charge in [0.2, 0.25) is 5.95 Å². The number of hydrogen-bond donors (Lipinski definition) is 1. The predicted octanol–water partition coefficient (Wildman–Crippen LogP) is 1.88. The second-order valence-corrected chi connectivity index (χ2v) is 2.56. The molecular formula is C7H10F3N3. The van der Waals surface area contributed by atoms with E-state index >= 15 is 0 Å². The number of anilines is 1. The summed E-state index contributed by atoms with van der Waals surface area (Å²) < 4.78 is 36.9. The van der Waals surface area contributed by atoms with E-state index in [4.69, 9.17) is 0 Å². The van der Waals surface area contributed by atoms with Gasteiger partial charge >= 0.3 is 6.18 Å². The molecule has 0 fully saturated rings. The van der Waals surface area contributed by atoms with E-state index in [2.05, 4.69) is 10.3 Å². The molecule has 13 heavy (non-hydrogen) atoms. The number of nitrogens with one attached hydrogen (secondary N) is 1. The minimum absolute atomic E-state index is 0.0975. The maximum Gasteiger partial charge on any atom is 0.390 e. The summed E-state index contributed by atoms with van der Waals surface area (Å²) in [7, 11) is 1.62. The Morgan fingerprint density at radius 2 is 2.23 bits per heavy atom. The van der Waals surface area contributed by atoms with Gasteiger partial charge in [-0.2, -0.15) is 13.2 Å². The van der Waals surface area contributed by atoms with Crippen molar-refractivity contribution in [2.24, 2.45) is 0 Å². The van der Waals surface area contributed by atoms with Crippen LogP contribution in [0.25, 0.3) is 0 Å². The van der Waals surface area contributed by atoms with E-state index in [0.29, 0.717) is 5.95 Å². The lowest BCUT2D eigenvalue weighted by Crippen LogP contribution is -2.13. The van der Waals surface area contributed by atoms with Crippen molar-refractivity contribution in [1.82, 2.24) is 9.55 Å². The monoisotopic (exact) mass is 193 g/mol. The highest BCUT2D eigenvalue weighted by molar-refractivity contribution is 5.23. The number of halogens is 3. The standard InChI is InChI=1S/C7H10F3N3/c1-11-6-12-3-5-13(6)4-2-7(8,9)10/h3,5H,2,4H2,1H3,(H,11,12).